The predicted octanol–water partition coefficient (Wildman–Crippen LogP) is 3.11. The monoisotopic (exact) mass is 195 g/mol. The van der Waals surface area contributed by atoms with E-state index in [0.29, 0.717) is 6.04 Å². The van der Waals surface area contributed by atoms with Crippen LogP contribution in [-0.4, -0.2) is 0 Å². The van der Waals surface area contributed by atoms with Gasteiger partial charge in [0.2, 0.25) is 0 Å². The Kier molecular flexibility index (Phi) is 2.70. The Morgan fingerprint density at radius 1 is 1.54 bits per heavy atom. The van der Waals surface area contributed by atoms with Crippen molar-refractivity contribution >= 4 is 11.3 Å². The van der Waals surface area contributed by atoms with E-state index in [1.807, 2.05) is 11.3 Å². The molecule has 1 aliphatic rings. The Hall–Kier alpha value is -0.340. The average molecular weight is 195 g/mol. The van der Waals surface area contributed by atoms with Gasteiger partial charge in [-0.3, -0.25) is 0 Å². The van der Waals surface area contributed by atoms with Crippen LogP contribution in [0.1, 0.15) is 42.0 Å². The molecule has 1 nitrogen and oxygen atoms in total. The largest absolute Gasteiger partial charge is 0.323 e. The molecule has 13 heavy (non-hydrogen) atoms. The van der Waals surface area contributed by atoms with Crippen molar-refractivity contribution in [1.82, 2.24) is 0 Å². The van der Waals surface area contributed by atoms with E-state index in [0.717, 1.165) is 12.3 Å². The molecule has 1 aromatic heterocycles. The molecule has 2 N–H and O–H groups in total. The van der Waals surface area contributed by atoms with E-state index >= 15 is 0 Å². The van der Waals surface area contributed by atoms with E-state index in [4.69, 9.17) is 5.73 Å². The number of hydrogen-bond donors (Lipinski definition) is 1. The number of aryl methyl sites for hydroxylation is 1. The highest BCUT2D eigenvalue weighted by atomic mass is 32.1. The summed E-state index contributed by atoms with van der Waals surface area (Å²) in [6.07, 6.45) is 5.14. The lowest BCUT2D eigenvalue weighted by Gasteiger charge is -2.07. The third kappa shape index (κ3) is 2.32. The molecule has 0 bridgehead atoms. The highest BCUT2D eigenvalue weighted by molar-refractivity contribution is 7.12. The van der Waals surface area contributed by atoms with Crippen molar-refractivity contribution in [3.8, 4) is 0 Å². The summed E-state index contributed by atoms with van der Waals surface area (Å²) in [7, 11) is 0. The minimum atomic E-state index is 0.304. The zero-order valence-electron chi connectivity index (χ0n) is 8.12. The number of hydrogen-bond acceptors (Lipinski definition) is 2. The van der Waals surface area contributed by atoms with Crippen molar-refractivity contribution in [3.05, 3.63) is 21.9 Å². The molecule has 0 amide bonds. The summed E-state index contributed by atoms with van der Waals surface area (Å²) in [5.41, 5.74) is 6.11. The zero-order chi connectivity index (χ0) is 9.26. The fraction of sp³-hybridized carbons (Fsp3) is 0.636. The fourth-order valence-corrected chi connectivity index (χ4v) is 2.58. The lowest BCUT2D eigenvalue weighted by atomic mass is 10.1. The van der Waals surface area contributed by atoms with E-state index in [-0.39, 0.29) is 0 Å². The zero-order valence-corrected chi connectivity index (χ0v) is 8.94. The lowest BCUT2D eigenvalue weighted by Crippen LogP contribution is -2.08. The normalized spacial score (nSPS) is 18.9. The first-order chi connectivity index (χ1) is 6.29. The highest BCUT2D eigenvalue weighted by Gasteiger charge is 2.24. The van der Waals surface area contributed by atoms with Gasteiger partial charge in [-0.05, 0) is 30.9 Å². The van der Waals surface area contributed by atoms with Crippen LogP contribution in [0.4, 0.5) is 0 Å². The SMILES string of the molecule is CCc1ccc(C(N)CC2CC2)s1. The quantitative estimate of drug-likeness (QED) is 0.785. The summed E-state index contributed by atoms with van der Waals surface area (Å²) in [4.78, 5) is 2.84. The first-order valence-corrected chi connectivity index (χ1v) is 5.95. The molecule has 1 aromatic rings. The van der Waals surface area contributed by atoms with Crippen LogP contribution in [0.2, 0.25) is 0 Å². The minimum absolute atomic E-state index is 0.304. The number of nitrogens with two attached hydrogens (primary N) is 1. The molecule has 2 rings (SSSR count). The Morgan fingerprint density at radius 2 is 2.31 bits per heavy atom. The maximum atomic E-state index is 6.11. The molecule has 1 aliphatic carbocycles. The first kappa shape index (κ1) is 9.22. The summed E-state index contributed by atoms with van der Waals surface area (Å²) in [6, 6.07) is 4.72. The smallest absolute Gasteiger partial charge is 0.0392 e. The molecule has 1 atom stereocenters. The van der Waals surface area contributed by atoms with Crippen LogP contribution in [0.3, 0.4) is 0 Å². The molecule has 72 valence electrons. The second-order valence-electron chi connectivity index (χ2n) is 3.94. The van der Waals surface area contributed by atoms with Crippen LogP contribution in [0, 0.1) is 5.92 Å². The summed E-state index contributed by atoms with van der Waals surface area (Å²) in [6.45, 7) is 2.20. The standard InChI is InChI=1S/C11H17NS/c1-2-9-5-6-11(13-9)10(12)7-8-3-4-8/h5-6,8,10H,2-4,7,12H2,1H3. The van der Waals surface area contributed by atoms with Crippen molar-refractivity contribution in [3.63, 3.8) is 0 Å². The van der Waals surface area contributed by atoms with Gasteiger partial charge in [-0.25, -0.2) is 0 Å². The number of rotatable bonds is 4. The van der Waals surface area contributed by atoms with Crippen molar-refractivity contribution < 1.29 is 0 Å². The van der Waals surface area contributed by atoms with E-state index in [2.05, 4.69) is 19.1 Å². The van der Waals surface area contributed by atoms with Crippen molar-refractivity contribution in [2.24, 2.45) is 11.7 Å². The van der Waals surface area contributed by atoms with Gasteiger partial charge in [0.25, 0.3) is 0 Å². The second-order valence-corrected chi connectivity index (χ2v) is 5.14. The first-order valence-electron chi connectivity index (χ1n) is 5.13. The molecule has 0 aliphatic heterocycles. The molecule has 1 heterocycles. The summed E-state index contributed by atoms with van der Waals surface area (Å²) >= 11 is 1.89. The minimum Gasteiger partial charge on any atom is -0.323 e. The van der Waals surface area contributed by atoms with Gasteiger partial charge in [0.15, 0.2) is 0 Å². The van der Waals surface area contributed by atoms with E-state index in [1.165, 1.54) is 29.0 Å². The van der Waals surface area contributed by atoms with E-state index in [9.17, 15) is 0 Å². The van der Waals surface area contributed by atoms with Crippen LogP contribution in [-0.2, 0) is 6.42 Å². The lowest BCUT2D eigenvalue weighted by molar-refractivity contribution is 0.605. The fourth-order valence-electron chi connectivity index (χ4n) is 1.61. The summed E-state index contributed by atoms with van der Waals surface area (Å²) in [5.74, 6) is 0.933. The molecule has 1 saturated carbocycles. The van der Waals surface area contributed by atoms with Crippen LogP contribution >= 0.6 is 11.3 Å². The van der Waals surface area contributed by atoms with Gasteiger partial charge in [-0.15, -0.1) is 11.3 Å². The maximum Gasteiger partial charge on any atom is 0.0392 e. The topological polar surface area (TPSA) is 26.0 Å². The highest BCUT2D eigenvalue weighted by Crippen LogP contribution is 2.38. The molecule has 1 unspecified atom stereocenters. The molecule has 0 radical (unpaired) electrons. The van der Waals surface area contributed by atoms with Crippen LogP contribution in [0.15, 0.2) is 12.1 Å². The molecular formula is C11H17NS. The summed E-state index contributed by atoms with van der Waals surface area (Å²) in [5, 5.41) is 0. The second kappa shape index (κ2) is 3.81. The van der Waals surface area contributed by atoms with Gasteiger partial charge in [-0.1, -0.05) is 19.8 Å². The van der Waals surface area contributed by atoms with E-state index in [1.54, 1.807) is 0 Å². The Morgan fingerprint density at radius 3 is 2.85 bits per heavy atom. The van der Waals surface area contributed by atoms with Crippen molar-refractivity contribution in [2.45, 2.75) is 38.6 Å². The van der Waals surface area contributed by atoms with Crippen molar-refractivity contribution in [1.29, 1.82) is 0 Å². The maximum absolute atomic E-state index is 6.11. The van der Waals surface area contributed by atoms with Crippen molar-refractivity contribution in [2.75, 3.05) is 0 Å². The molecule has 0 aromatic carbocycles. The van der Waals surface area contributed by atoms with Crippen LogP contribution < -0.4 is 5.73 Å². The van der Waals surface area contributed by atoms with Crippen LogP contribution in [0.5, 0.6) is 0 Å². The van der Waals surface area contributed by atoms with E-state index < -0.39 is 0 Å². The van der Waals surface area contributed by atoms with Gasteiger partial charge in [-0.2, -0.15) is 0 Å². The molecule has 1 fully saturated rings. The predicted molar refractivity (Wildman–Crippen MR) is 58.0 cm³/mol. The average Bonchev–Trinajstić information content (AvgIpc) is 2.82. The summed E-state index contributed by atoms with van der Waals surface area (Å²) < 4.78 is 0. The Labute approximate surface area is 84.0 Å². The molecule has 0 spiro atoms. The Bertz CT molecular complexity index is 275. The van der Waals surface area contributed by atoms with Gasteiger partial charge < -0.3 is 5.73 Å². The number of thiophene rings is 1. The molecule has 0 saturated heterocycles. The Balaban J connectivity index is 1.96. The molecule has 2 heteroatoms. The third-order valence-corrected chi connectivity index (χ3v) is 4.04. The van der Waals surface area contributed by atoms with Gasteiger partial charge >= 0.3 is 0 Å². The van der Waals surface area contributed by atoms with Gasteiger partial charge in [0.05, 0.1) is 0 Å². The third-order valence-electron chi connectivity index (χ3n) is 2.68. The molecular weight excluding hydrogens is 178 g/mol. The van der Waals surface area contributed by atoms with Gasteiger partial charge in [0.1, 0.15) is 0 Å². The van der Waals surface area contributed by atoms with Gasteiger partial charge in [0, 0.05) is 15.8 Å². The van der Waals surface area contributed by atoms with Crippen LogP contribution in [0.25, 0.3) is 0 Å².